The van der Waals surface area contributed by atoms with Gasteiger partial charge in [-0.25, -0.2) is 0 Å². The minimum Gasteiger partial charge on any atom is -0.320 e. The maximum absolute atomic E-state index is 3.25. The summed E-state index contributed by atoms with van der Waals surface area (Å²) in [4.78, 5) is 0. The van der Waals surface area contributed by atoms with Crippen LogP contribution in [0.1, 0.15) is 38.5 Å². The van der Waals surface area contributed by atoms with Crippen molar-refractivity contribution in [2.75, 3.05) is 20.1 Å². The Kier molecular flexibility index (Phi) is 7.16. The van der Waals surface area contributed by atoms with Crippen LogP contribution in [0, 0.1) is 11.8 Å². The van der Waals surface area contributed by atoms with Gasteiger partial charge in [0, 0.05) is 29.4 Å². The summed E-state index contributed by atoms with van der Waals surface area (Å²) in [5.74, 6) is 2.01. The minimum atomic E-state index is 1.00. The first kappa shape index (κ1) is 12.7. The van der Waals surface area contributed by atoms with Crippen LogP contribution in [0.4, 0.5) is 0 Å². The van der Waals surface area contributed by atoms with Gasteiger partial charge in [0.05, 0.1) is 0 Å². The highest BCUT2D eigenvalue weighted by molar-refractivity contribution is 14.1. The Hall–Kier alpha value is 0.650. The van der Waals surface area contributed by atoms with Crippen LogP contribution >= 0.6 is 22.9 Å². The van der Waals surface area contributed by atoms with E-state index < -0.39 is 0 Å². The van der Waals surface area contributed by atoms with Gasteiger partial charge in [-0.1, -0.05) is 25.7 Å². The number of nitrogens with one attached hydrogen (secondary N) is 2. The topological polar surface area (TPSA) is 24.1 Å². The lowest BCUT2D eigenvalue weighted by atomic mass is 9.79. The summed E-state index contributed by atoms with van der Waals surface area (Å²) in [6.07, 6.45) is 8.62. The number of halogens is 1. The zero-order valence-electron chi connectivity index (χ0n) is 9.19. The molecule has 3 heteroatoms. The zero-order chi connectivity index (χ0) is 10.2. The minimum absolute atomic E-state index is 1.00. The van der Waals surface area contributed by atoms with Crippen molar-refractivity contribution in [1.82, 2.24) is 8.85 Å². The van der Waals surface area contributed by atoms with Crippen LogP contribution in [-0.4, -0.2) is 20.1 Å². The Morgan fingerprint density at radius 2 is 1.50 bits per heavy atom. The van der Waals surface area contributed by atoms with Gasteiger partial charge < -0.3 is 5.32 Å². The van der Waals surface area contributed by atoms with Gasteiger partial charge in [-0.3, -0.25) is 3.53 Å². The molecule has 0 aromatic heterocycles. The standard InChI is InChI=1S/C11H23IN2/c1-13-8-6-10-2-4-11(5-3-10)7-9-14-12/h10-11,13-14H,2-9H2,1H3. The Morgan fingerprint density at radius 1 is 1.00 bits per heavy atom. The fourth-order valence-electron chi connectivity index (χ4n) is 2.42. The van der Waals surface area contributed by atoms with Gasteiger partial charge in [-0.05, 0) is 38.3 Å². The summed E-state index contributed by atoms with van der Waals surface area (Å²) < 4.78 is 3.22. The summed E-state index contributed by atoms with van der Waals surface area (Å²) in [5.41, 5.74) is 0. The number of hydrogen-bond acceptors (Lipinski definition) is 2. The molecule has 2 N–H and O–H groups in total. The predicted octanol–water partition coefficient (Wildman–Crippen LogP) is 2.73. The van der Waals surface area contributed by atoms with Gasteiger partial charge in [0.1, 0.15) is 0 Å². The van der Waals surface area contributed by atoms with Crippen molar-refractivity contribution < 1.29 is 0 Å². The van der Waals surface area contributed by atoms with Crippen LogP contribution in [0.3, 0.4) is 0 Å². The quantitative estimate of drug-likeness (QED) is 0.582. The normalized spacial score (nSPS) is 27.9. The molecule has 1 aliphatic carbocycles. The Balaban J connectivity index is 2.05. The summed E-state index contributed by atoms with van der Waals surface area (Å²) in [6, 6.07) is 0. The van der Waals surface area contributed by atoms with Crippen molar-refractivity contribution in [2.24, 2.45) is 11.8 Å². The van der Waals surface area contributed by atoms with E-state index >= 15 is 0 Å². The summed E-state index contributed by atoms with van der Waals surface area (Å²) in [5, 5.41) is 3.25. The van der Waals surface area contributed by atoms with Crippen molar-refractivity contribution in [3.05, 3.63) is 0 Å². The third-order valence-electron chi connectivity index (χ3n) is 3.42. The monoisotopic (exact) mass is 310 g/mol. The van der Waals surface area contributed by atoms with Gasteiger partial charge in [-0.15, -0.1) is 0 Å². The van der Waals surface area contributed by atoms with Gasteiger partial charge in [0.2, 0.25) is 0 Å². The van der Waals surface area contributed by atoms with E-state index in [9.17, 15) is 0 Å². The van der Waals surface area contributed by atoms with E-state index in [0.717, 1.165) is 11.8 Å². The number of hydrogen-bond donors (Lipinski definition) is 2. The Labute approximate surface area is 102 Å². The molecule has 0 saturated heterocycles. The molecule has 0 bridgehead atoms. The molecule has 0 unspecified atom stereocenters. The molecule has 0 heterocycles. The van der Waals surface area contributed by atoms with Crippen LogP contribution in [-0.2, 0) is 0 Å². The van der Waals surface area contributed by atoms with E-state index in [1.54, 1.807) is 0 Å². The molecule has 1 rings (SSSR count). The fraction of sp³-hybridized carbons (Fsp3) is 1.00. The molecular formula is C11H23IN2. The van der Waals surface area contributed by atoms with Gasteiger partial charge in [0.15, 0.2) is 0 Å². The Morgan fingerprint density at radius 3 is 1.93 bits per heavy atom. The number of rotatable bonds is 6. The van der Waals surface area contributed by atoms with Crippen LogP contribution in [0.5, 0.6) is 0 Å². The van der Waals surface area contributed by atoms with E-state index in [1.807, 2.05) is 0 Å². The van der Waals surface area contributed by atoms with Crippen LogP contribution < -0.4 is 8.85 Å². The molecule has 2 nitrogen and oxygen atoms in total. The molecular weight excluding hydrogens is 287 g/mol. The Bertz CT molecular complexity index is 117. The molecule has 0 radical (unpaired) electrons. The predicted molar refractivity (Wildman–Crippen MR) is 70.6 cm³/mol. The summed E-state index contributed by atoms with van der Waals surface area (Å²) >= 11 is 2.25. The molecule has 0 atom stereocenters. The molecule has 84 valence electrons. The van der Waals surface area contributed by atoms with Gasteiger partial charge in [0.25, 0.3) is 0 Å². The molecule has 1 aliphatic rings. The van der Waals surface area contributed by atoms with E-state index in [0.29, 0.717) is 0 Å². The summed E-state index contributed by atoms with van der Waals surface area (Å²) in [6.45, 7) is 2.39. The van der Waals surface area contributed by atoms with Crippen molar-refractivity contribution in [3.63, 3.8) is 0 Å². The second-order valence-corrected chi connectivity index (χ2v) is 5.21. The lowest BCUT2D eigenvalue weighted by Gasteiger charge is -2.28. The first-order chi connectivity index (χ1) is 6.86. The second-order valence-electron chi connectivity index (χ2n) is 4.45. The average molecular weight is 310 g/mol. The van der Waals surface area contributed by atoms with Crippen molar-refractivity contribution in [2.45, 2.75) is 38.5 Å². The van der Waals surface area contributed by atoms with Crippen LogP contribution in [0.15, 0.2) is 0 Å². The molecule has 0 spiro atoms. The zero-order valence-corrected chi connectivity index (χ0v) is 11.3. The van der Waals surface area contributed by atoms with E-state index in [2.05, 4.69) is 38.8 Å². The van der Waals surface area contributed by atoms with Gasteiger partial charge >= 0.3 is 0 Å². The first-order valence-electron chi connectivity index (χ1n) is 5.85. The summed E-state index contributed by atoms with van der Waals surface area (Å²) in [7, 11) is 2.05. The van der Waals surface area contributed by atoms with Crippen molar-refractivity contribution >= 4 is 22.9 Å². The highest BCUT2D eigenvalue weighted by atomic mass is 127. The highest BCUT2D eigenvalue weighted by Crippen LogP contribution is 2.32. The fourth-order valence-corrected chi connectivity index (χ4v) is 2.73. The molecule has 0 aromatic rings. The van der Waals surface area contributed by atoms with Crippen molar-refractivity contribution in [3.8, 4) is 0 Å². The lowest BCUT2D eigenvalue weighted by molar-refractivity contribution is 0.254. The average Bonchev–Trinajstić information content (AvgIpc) is 2.25. The highest BCUT2D eigenvalue weighted by Gasteiger charge is 2.19. The largest absolute Gasteiger partial charge is 0.320 e. The molecule has 0 aromatic carbocycles. The van der Waals surface area contributed by atoms with E-state index in [1.165, 1.54) is 51.6 Å². The van der Waals surface area contributed by atoms with Gasteiger partial charge in [-0.2, -0.15) is 0 Å². The first-order valence-corrected chi connectivity index (χ1v) is 6.92. The molecule has 0 amide bonds. The lowest BCUT2D eigenvalue weighted by Crippen LogP contribution is -2.20. The molecule has 1 fully saturated rings. The van der Waals surface area contributed by atoms with Crippen LogP contribution in [0.2, 0.25) is 0 Å². The van der Waals surface area contributed by atoms with E-state index in [-0.39, 0.29) is 0 Å². The van der Waals surface area contributed by atoms with Crippen LogP contribution in [0.25, 0.3) is 0 Å². The van der Waals surface area contributed by atoms with E-state index in [4.69, 9.17) is 0 Å². The third kappa shape index (κ3) is 4.94. The molecule has 1 saturated carbocycles. The molecule has 0 aliphatic heterocycles. The smallest absolute Gasteiger partial charge is 0.0169 e. The maximum atomic E-state index is 3.25. The molecule has 14 heavy (non-hydrogen) atoms. The SMILES string of the molecule is CNCCC1CCC(CCNI)CC1. The third-order valence-corrected chi connectivity index (χ3v) is 3.96. The second kappa shape index (κ2) is 7.88. The van der Waals surface area contributed by atoms with Crippen molar-refractivity contribution in [1.29, 1.82) is 0 Å². The maximum Gasteiger partial charge on any atom is 0.0169 e.